The summed E-state index contributed by atoms with van der Waals surface area (Å²) >= 11 is 5.90. The zero-order valence-electron chi connectivity index (χ0n) is 13.2. The van der Waals surface area contributed by atoms with Crippen LogP contribution < -0.4 is 4.74 Å². The maximum atomic E-state index is 11.4. The van der Waals surface area contributed by atoms with Crippen LogP contribution in [-0.2, 0) is 17.6 Å². The number of carboxylic acid groups (broad SMARTS) is 1. The molecular weight excluding hydrogens is 312 g/mol. The minimum Gasteiger partial charge on any atom is -0.478 e. The van der Waals surface area contributed by atoms with Gasteiger partial charge in [0.2, 0.25) is 0 Å². The van der Waals surface area contributed by atoms with Crippen LogP contribution >= 0.6 is 11.6 Å². The van der Waals surface area contributed by atoms with Gasteiger partial charge in [0.15, 0.2) is 6.10 Å². The molecule has 0 radical (unpaired) electrons. The number of benzene rings is 2. The molecular formula is C19H21ClO3. The first-order chi connectivity index (χ1) is 11.1. The second kappa shape index (κ2) is 8.59. The topological polar surface area (TPSA) is 46.5 Å². The van der Waals surface area contributed by atoms with Gasteiger partial charge in [-0.05, 0) is 42.2 Å². The first kappa shape index (κ1) is 17.4. The van der Waals surface area contributed by atoms with Crippen molar-refractivity contribution in [1.82, 2.24) is 0 Å². The molecule has 0 aliphatic carbocycles. The molecule has 0 aliphatic rings. The average Bonchev–Trinajstić information content (AvgIpc) is 2.53. The number of carbonyl (C=O) groups is 1. The number of unbranched alkanes of at least 4 members (excludes halogenated alkanes) is 1. The molecule has 0 aromatic heterocycles. The number of ether oxygens (including phenoxy) is 1. The zero-order valence-corrected chi connectivity index (χ0v) is 13.9. The molecule has 1 atom stereocenters. The number of carboxylic acids is 1. The predicted molar refractivity (Wildman–Crippen MR) is 92.3 cm³/mol. The van der Waals surface area contributed by atoms with Crippen LogP contribution in [0, 0.1) is 0 Å². The largest absolute Gasteiger partial charge is 0.478 e. The van der Waals surface area contributed by atoms with E-state index in [1.54, 1.807) is 24.3 Å². The molecule has 2 rings (SSSR count). The fourth-order valence-electron chi connectivity index (χ4n) is 2.32. The van der Waals surface area contributed by atoms with Gasteiger partial charge in [-0.3, -0.25) is 0 Å². The highest BCUT2D eigenvalue weighted by atomic mass is 35.5. The summed E-state index contributed by atoms with van der Waals surface area (Å²) in [6, 6.07) is 14.8. The van der Waals surface area contributed by atoms with Gasteiger partial charge < -0.3 is 9.84 Å². The maximum Gasteiger partial charge on any atom is 0.345 e. The molecule has 0 spiro atoms. The zero-order chi connectivity index (χ0) is 16.7. The Morgan fingerprint density at radius 1 is 1.17 bits per heavy atom. The van der Waals surface area contributed by atoms with Crippen LogP contribution in [0.15, 0.2) is 48.5 Å². The van der Waals surface area contributed by atoms with Crippen molar-refractivity contribution in [2.75, 3.05) is 0 Å². The molecule has 0 aliphatic heterocycles. The van der Waals surface area contributed by atoms with Crippen molar-refractivity contribution in [1.29, 1.82) is 0 Å². The van der Waals surface area contributed by atoms with Crippen molar-refractivity contribution in [3.05, 3.63) is 64.7 Å². The van der Waals surface area contributed by atoms with E-state index in [0.717, 1.165) is 24.8 Å². The summed E-state index contributed by atoms with van der Waals surface area (Å²) in [6.07, 6.45) is 2.76. The smallest absolute Gasteiger partial charge is 0.345 e. The lowest BCUT2D eigenvalue weighted by Crippen LogP contribution is -2.29. The van der Waals surface area contributed by atoms with Gasteiger partial charge in [0, 0.05) is 11.4 Å². The van der Waals surface area contributed by atoms with Gasteiger partial charge in [-0.15, -0.1) is 0 Å². The number of hydrogen-bond donors (Lipinski definition) is 1. The molecule has 3 nitrogen and oxygen atoms in total. The Labute approximate surface area is 141 Å². The Morgan fingerprint density at radius 3 is 2.48 bits per heavy atom. The Bertz CT molecular complexity index is 637. The Balaban J connectivity index is 2.03. The van der Waals surface area contributed by atoms with Gasteiger partial charge in [0.25, 0.3) is 0 Å². The Morgan fingerprint density at radius 2 is 1.87 bits per heavy atom. The molecule has 0 heterocycles. The van der Waals surface area contributed by atoms with E-state index in [0.29, 0.717) is 17.2 Å². The number of aryl methyl sites for hydroxylation is 1. The maximum absolute atomic E-state index is 11.4. The summed E-state index contributed by atoms with van der Waals surface area (Å²) in [5.74, 6) is -0.524. The van der Waals surface area contributed by atoms with Crippen LogP contribution in [0.4, 0.5) is 0 Å². The molecule has 1 unspecified atom stereocenters. The first-order valence-electron chi connectivity index (χ1n) is 7.81. The molecule has 1 N–H and O–H groups in total. The van der Waals surface area contributed by atoms with Crippen LogP contribution in [0.5, 0.6) is 5.75 Å². The second-order valence-corrected chi connectivity index (χ2v) is 5.96. The highest BCUT2D eigenvalue weighted by molar-refractivity contribution is 6.30. The average molecular weight is 333 g/mol. The van der Waals surface area contributed by atoms with Gasteiger partial charge in [-0.2, -0.15) is 0 Å². The number of rotatable bonds is 8. The summed E-state index contributed by atoms with van der Waals surface area (Å²) in [5, 5.41) is 9.90. The summed E-state index contributed by atoms with van der Waals surface area (Å²) in [6.45, 7) is 2.17. The molecule has 0 saturated heterocycles. The normalized spacial score (nSPS) is 11.9. The molecule has 122 valence electrons. The minimum absolute atomic E-state index is 0.315. The highest BCUT2D eigenvalue weighted by Crippen LogP contribution is 2.20. The predicted octanol–water partition coefficient (Wildman–Crippen LogP) is 4.76. The van der Waals surface area contributed by atoms with E-state index in [1.807, 2.05) is 12.1 Å². The standard InChI is InChI=1S/C19H21ClO3/c1-2-3-5-14-8-10-15(11-9-14)12-18(19(21)22)23-17-7-4-6-16(20)13-17/h4,6-11,13,18H,2-3,5,12H2,1H3,(H,21,22). The quantitative estimate of drug-likeness (QED) is 0.758. The Kier molecular flexibility index (Phi) is 6.48. The fourth-order valence-corrected chi connectivity index (χ4v) is 2.50. The van der Waals surface area contributed by atoms with Gasteiger partial charge >= 0.3 is 5.97 Å². The van der Waals surface area contributed by atoms with Crippen LogP contribution in [0.2, 0.25) is 5.02 Å². The minimum atomic E-state index is -0.986. The van der Waals surface area contributed by atoms with Gasteiger partial charge in [0.05, 0.1) is 0 Å². The van der Waals surface area contributed by atoms with E-state index in [1.165, 1.54) is 5.56 Å². The van der Waals surface area contributed by atoms with Gasteiger partial charge in [-0.1, -0.05) is 55.3 Å². The lowest BCUT2D eigenvalue weighted by atomic mass is 10.0. The summed E-state index contributed by atoms with van der Waals surface area (Å²) in [7, 11) is 0. The lowest BCUT2D eigenvalue weighted by molar-refractivity contribution is -0.145. The molecule has 0 amide bonds. The number of hydrogen-bond acceptors (Lipinski definition) is 2. The summed E-state index contributed by atoms with van der Waals surface area (Å²) < 4.78 is 5.57. The third kappa shape index (κ3) is 5.61. The molecule has 0 bridgehead atoms. The Hall–Kier alpha value is -2.00. The molecule has 23 heavy (non-hydrogen) atoms. The molecule has 2 aromatic carbocycles. The van der Waals surface area contributed by atoms with E-state index >= 15 is 0 Å². The fraction of sp³-hybridized carbons (Fsp3) is 0.316. The van der Waals surface area contributed by atoms with E-state index in [-0.39, 0.29) is 0 Å². The van der Waals surface area contributed by atoms with Crippen LogP contribution in [0.25, 0.3) is 0 Å². The lowest BCUT2D eigenvalue weighted by Gasteiger charge is -2.15. The van der Waals surface area contributed by atoms with Gasteiger partial charge in [0.1, 0.15) is 5.75 Å². The summed E-state index contributed by atoms with van der Waals surface area (Å²) in [4.78, 5) is 11.4. The van der Waals surface area contributed by atoms with Crippen LogP contribution in [0.3, 0.4) is 0 Å². The van der Waals surface area contributed by atoms with E-state index in [2.05, 4.69) is 19.1 Å². The van der Waals surface area contributed by atoms with Crippen molar-refractivity contribution < 1.29 is 14.6 Å². The van der Waals surface area contributed by atoms with Crippen molar-refractivity contribution in [2.45, 2.75) is 38.7 Å². The second-order valence-electron chi connectivity index (χ2n) is 5.53. The summed E-state index contributed by atoms with van der Waals surface area (Å²) in [5.41, 5.74) is 2.22. The molecule has 4 heteroatoms. The molecule has 2 aromatic rings. The van der Waals surface area contributed by atoms with Crippen LogP contribution in [0.1, 0.15) is 30.9 Å². The molecule has 0 saturated carbocycles. The first-order valence-corrected chi connectivity index (χ1v) is 8.19. The van der Waals surface area contributed by atoms with Crippen molar-refractivity contribution in [3.8, 4) is 5.75 Å². The number of halogens is 1. The van der Waals surface area contributed by atoms with E-state index < -0.39 is 12.1 Å². The van der Waals surface area contributed by atoms with E-state index in [4.69, 9.17) is 16.3 Å². The third-order valence-corrected chi connectivity index (χ3v) is 3.85. The van der Waals surface area contributed by atoms with E-state index in [9.17, 15) is 9.90 Å². The SMILES string of the molecule is CCCCc1ccc(CC(Oc2cccc(Cl)c2)C(=O)O)cc1. The highest BCUT2D eigenvalue weighted by Gasteiger charge is 2.20. The third-order valence-electron chi connectivity index (χ3n) is 3.61. The molecule has 0 fully saturated rings. The number of aliphatic carboxylic acids is 1. The van der Waals surface area contributed by atoms with Gasteiger partial charge in [-0.25, -0.2) is 4.79 Å². The monoisotopic (exact) mass is 332 g/mol. The van der Waals surface area contributed by atoms with Crippen molar-refractivity contribution >= 4 is 17.6 Å². The van der Waals surface area contributed by atoms with Crippen molar-refractivity contribution in [2.24, 2.45) is 0 Å². The van der Waals surface area contributed by atoms with Crippen LogP contribution in [-0.4, -0.2) is 17.2 Å². The van der Waals surface area contributed by atoms with Crippen molar-refractivity contribution in [3.63, 3.8) is 0 Å².